The second-order valence-corrected chi connectivity index (χ2v) is 8.07. The molecular weight excluding hydrogens is 420 g/mol. The van der Waals surface area contributed by atoms with Crippen LogP contribution in [0.25, 0.3) is 0 Å². The molecule has 3 aromatic carbocycles. The molecule has 2 heterocycles. The summed E-state index contributed by atoms with van der Waals surface area (Å²) in [4.78, 5) is 53.3. The van der Waals surface area contributed by atoms with E-state index in [0.29, 0.717) is 23.4 Å². The predicted octanol–water partition coefficient (Wildman–Crippen LogP) is 3.44. The highest BCUT2D eigenvalue weighted by molar-refractivity contribution is 6.34. The van der Waals surface area contributed by atoms with Gasteiger partial charge in [0, 0.05) is 25.6 Å². The molecule has 0 bridgehead atoms. The predicted molar refractivity (Wildman–Crippen MR) is 120 cm³/mol. The van der Waals surface area contributed by atoms with Crippen LogP contribution in [-0.4, -0.2) is 35.1 Å². The van der Waals surface area contributed by atoms with Crippen molar-refractivity contribution in [2.75, 3.05) is 11.4 Å². The van der Waals surface area contributed by atoms with Gasteiger partial charge in [0.25, 0.3) is 11.8 Å². The van der Waals surface area contributed by atoms with E-state index in [0.717, 1.165) is 10.5 Å². The molecule has 1 atom stereocenters. The molecule has 7 heteroatoms. The van der Waals surface area contributed by atoms with Crippen LogP contribution < -0.4 is 9.64 Å². The third-order valence-electron chi connectivity index (χ3n) is 5.85. The van der Waals surface area contributed by atoms with E-state index in [9.17, 15) is 19.2 Å². The van der Waals surface area contributed by atoms with Gasteiger partial charge in [0.1, 0.15) is 5.75 Å². The Hall–Kier alpha value is -4.26. The van der Waals surface area contributed by atoms with Gasteiger partial charge in [-0.05, 0) is 29.8 Å². The average Bonchev–Trinajstić information content (AvgIpc) is 3.32. The van der Waals surface area contributed by atoms with Gasteiger partial charge >= 0.3 is 5.97 Å². The highest BCUT2D eigenvalue weighted by atomic mass is 16.5. The Labute approximate surface area is 190 Å². The lowest BCUT2D eigenvalue weighted by molar-refractivity contribution is -0.139. The van der Waals surface area contributed by atoms with Crippen molar-refractivity contribution < 1.29 is 23.9 Å². The van der Waals surface area contributed by atoms with Crippen LogP contribution in [0.2, 0.25) is 0 Å². The first-order valence-corrected chi connectivity index (χ1v) is 10.6. The Balaban J connectivity index is 1.28. The molecule has 3 aromatic rings. The Morgan fingerprint density at radius 3 is 2.21 bits per heavy atom. The molecule has 0 aromatic heterocycles. The lowest BCUT2D eigenvalue weighted by Crippen LogP contribution is -2.29. The van der Waals surface area contributed by atoms with Crippen LogP contribution in [0.5, 0.6) is 5.75 Å². The molecule has 3 amide bonds. The maximum Gasteiger partial charge on any atom is 0.316 e. The van der Waals surface area contributed by atoms with Gasteiger partial charge < -0.3 is 9.64 Å². The summed E-state index contributed by atoms with van der Waals surface area (Å²) in [5.41, 5.74) is 1.99. The number of anilines is 1. The van der Waals surface area contributed by atoms with Gasteiger partial charge in [-0.3, -0.25) is 19.2 Å². The fourth-order valence-corrected chi connectivity index (χ4v) is 4.20. The van der Waals surface area contributed by atoms with Crippen LogP contribution >= 0.6 is 0 Å². The fraction of sp³-hybridized carbons (Fsp3) is 0.154. The number of imide groups is 1. The minimum absolute atomic E-state index is 0.0871. The molecule has 33 heavy (non-hydrogen) atoms. The fourth-order valence-electron chi connectivity index (χ4n) is 4.20. The normalized spacial score (nSPS) is 17.5. The first-order valence-electron chi connectivity index (χ1n) is 10.6. The minimum atomic E-state index is -0.579. The third kappa shape index (κ3) is 3.89. The van der Waals surface area contributed by atoms with Crippen LogP contribution in [0.3, 0.4) is 0 Å². The van der Waals surface area contributed by atoms with E-state index in [1.165, 1.54) is 6.07 Å². The molecule has 2 aliphatic rings. The van der Waals surface area contributed by atoms with Gasteiger partial charge in [-0.25, -0.2) is 4.90 Å². The Morgan fingerprint density at radius 2 is 1.52 bits per heavy atom. The van der Waals surface area contributed by atoms with E-state index in [1.54, 1.807) is 47.4 Å². The maximum atomic E-state index is 12.7. The number of ether oxygens (including phenoxy) is 1. The molecule has 164 valence electrons. The molecule has 0 radical (unpaired) electrons. The molecule has 1 saturated heterocycles. The summed E-state index contributed by atoms with van der Waals surface area (Å²) < 4.78 is 5.53. The summed E-state index contributed by atoms with van der Waals surface area (Å²) >= 11 is 0. The third-order valence-corrected chi connectivity index (χ3v) is 5.85. The van der Waals surface area contributed by atoms with Crippen molar-refractivity contribution in [3.05, 3.63) is 95.6 Å². The number of carbonyl (C=O) groups is 4. The summed E-state index contributed by atoms with van der Waals surface area (Å²) in [7, 11) is 0. The molecule has 0 N–H and O–H groups in total. The van der Waals surface area contributed by atoms with Gasteiger partial charge in [-0.1, -0.05) is 48.5 Å². The summed E-state index contributed by atoms with van der Waals surface area (Å²) in [6, 6.07) is 22.5. The zero-order valence-corrected chi connectivity index (χ0v) is 17.6. The van der Waals surface area contributed by atoms with Crippen LogP contribution in [0.15, 0.2) is 78.9 Å². The molecule has 0 spiro atoms. The molecule has 5 rings (SSSR count). The first-order chi connectivity index (χ1) is 16.0. The van der Waals surface area contributed by atoms with E-state index in [-0.39, 0.29) is 24.6 Å². The molecule has 2 aliphatic heterocycles. The maximum absolute atomic E-state index is 12.7. The second-order valence-electron chi connectivity index (χ2n) is 8.07. The number of fused-ring (bicyclic) bond motifs is 1. The number of hydrogen-bond acceptors (Lipinski definition) is 5. The number of carbonyl (C=O) groups excluding carboxylic acids is 4. The minimum Gasteiger partial charge on any atom is -0.426 e. The highest BCUT2D eigenvalue weighted by Gasteiger charge is 2.37. The van der Waals surface area contributed by atoms with Crippen LogP contribution in [0, 0.1) is 5.92 Å². The quantitative estimate of drug-likeness (QED) is 0.345. The van der Waals surface area contributed by atoms with Gasteiger partial charge in [0.05, 0.1) is 22.7 Å². The summed E-state index contributed by atoms with van der Waals surface area (Å²) in [6.07, 6.45) is 0.0871. The topological polar surface area (TPSA) is 84.0 Å². The van der Waals surface area contributed by atoms with Crippen molar-refractivity contribution in [2.24, 2.45) is 5.92 Å². The van der Waals surface area contributed by atoms with E-state index < -0.39 is 23.7 Å². The van der Waals surface area contributed by atoms with Crippen molar-refractivity contribution in [2.45, 2.75) is 13.0 Å². The molecular formula is C26H20N2O5. The highest BCUT2D eigenvalue weighted by Crippen LogP contribution is 2.31. The Morgan fingerprint density at radius 1 is 0.848 bits per heavy atom. The SMILES string of the molecule is O=C(Oc1cccc(N2C(=O)c3ccccc3C2=O)c1)[C@H]1CC(=O)N(Cc2ccccc2)C1. The van der Waals surface area contributed by atoms with Crippen molar-refractivity contribution in [1.82, 2.24) is 4.90 Å². The summed E-state index contributed by atoms with van der Waals surface area (Å²) in [5, 5.41) is 0. The Kier molecular flexibility index (Phi) is 5.22. The zero-order valence-electron chi connectivity index (χ0n) is 17.6. The smallest absolute Gasteiger partial charge is 0.316 e. The van der Waals surface area contributed by atoms with Gasteiger partial charge in [-0.2, -0.15) is 0 Å². The molecule has 0 unspecified atom stereocenters. The second kappa shape index (κ2) is 8.35. The van der Waals surface area contributed by atoms with Crippen LogP contribution in [0.1, 0.15) is 32.7 Å². The number of esters is 1. The number of rotatable bonds is 5. The first kappa shape index (κ1) is 20.6. The van der Waals surface area contributed by atoms with E-state index >= 15 is 0 Å². The lowest BCUT2D eigenvalue weighted by atomic mass is 10.1. The number of likely N-dealkylation sites (tertiary alicyclic amines) is 1. The molecule has 0 saturated carbocycles. The number of hydrogen-bond donors (Lipinski definition) is 0. The summed E-state index contributed by atoms with van der Waals surface area (Å²) in [5.74, 6) is -1.82. The average molecular weight is 440 g/mol. The van der Waals surface area contributed by atoms with E-state index in [2.05, 4.69) is 0 Å². The van der Waals surface area contributed by atoms with Crippen LogP contribution in [-0.2, 0) is 16.1 Å². The zero-order chi connectivity index (χ0) is 22.9. The van der Waals surface area contributed by atoms with Crippen molar-refractivity contribution >= 4 is 29.4 Å². The van der Waals surface area contributed by atoms with Crippen molar-refractivity contribution in [3.8, 4) is 5.75 Å². The van der Waals surface area contributed by atoms with E-state index in [1.807, 2.05) is 30.3 Å². The molecule has 0 aliphatic carbocycles. The van der Waals surface area contributed by atoms with E-state index in [4.69, 9.17) is 4.74 Å². The standard InChI is InChI=1S/C26H20N2O5/c29-23-13-18(16-27(23)15-17-7-2-1-3-8-17)26(32)33-20-10-6-9-19(14-20)28-24(30)21-11-4-5-12-22(21)25(28)31/h1-12,14,18H,13,15-16H2/t18-/m0/s1. The van der Waals surface area contributed by atoms with Gasteiger partial charge in [0.2, 0.25) is 5.91 Å². The van der Waals surface area contributed by atoms with Crippen molar-refractivity contribution in [3.63, 3.8) is 0 Å². The lowest BCUT2D eigenvalue weighted by Gasteiger charge is -2.17. The molecule has 7 nitrogen and oxygen atoms in total. The van der Waals surface area contributed by atoms with Crippen LogP contribution in [0.4, 0.5) is 5.69 Å². The number of nitrogens with zero attached hydrogens (tertiary/aromatic N) is 2. The monoisotopic (exact) mass is 440 g/mol. The van der Waals surface area contributed by atoms with Crippen molar-refractivity contribution in [1.29, 1.82) is 0 Å². The van der Waals surface area contributed by atoms with Gasteiger partial charge in [-0.15, -0.1) is 0 Å². The van der Waals surface area contributed by atoms with Gasteiger partial charge in [0.15, 0.2) is 0 Å². The summed E-state index contributed by atoms with van der Waals surface area (Å²) in [6.45, 7) is 0.726. The Bertz CT molecular complexity index is 1240. The number of benzene rings is 3. The molecule has 1 fully saturated rings. The largest absolute Gasteiger partial charge is 0.426 e. The number of amides is 3.